The number of carboxylic acids is 1. The van der Waals surface area contributed by atoms with E-state index in [2.05, 4.69) is 29.0 Å². The van der Waals surface area contributed by atoms with E-state index in [4.69, 9.17) is 15.6 Å². The first-order valence-electron chi connectivity index (χ1n) is 16.5. The Morgan fingerprint density at radius 1 is 1.14 bits per heavy atom. The molecule has 12 nitrogen and oxygen atoms in total. The summed E-state index contributed by atoms with van der Waals surface area (Å²) in [7, 11) is -2.67. The van der Waals surface area contributed by atoms with E-state index < -0.39 is 27.9 Å². The highest BCUT2D eigenvalue weighted by Crippen LogP contribution is 2.38. The molecule has 2 heterocycles. The zero-order chi connectivity index (χ0) is 36.8. The molecule has 0 amide bonds. The van der Waals surface area contributed by atoms with Crippen LogP contribution in [0.3, 0.4) is 0 Å². The Hall–Kier alpha value is -4.37. The minimum Gasteiger partial charge on any atom is -0.861 e. The van der Waals surface area contributed by atoms with Crippen molar-refractivity contribution in [3.8, 4) is 28.4 Å². The Morgan fingerprint density at radius 3 is 2.38 bits per heavy atom. The summed E-state index contributed by atoms with van der Waals surface area (Å²) >= 11 is 1.17. The van der Waals surface area contributed by atoms with E-state index in [1.54, 1.807) is 11.5 Å². The van der Waals surface area contributed by atoms with E-state index >= 15 is 0 Å². The van der Waals surface area contributed by atoms with Gasteiger partial charge in [-0.25, -0.2) is 0 Å². The van der Waals surface area contributed by atoms with Crippen LogP contribution in [0.4, 0.5) is 0 Å². The minimum atomic E-state index is -4.15. The van der Waals surface area contributed by atoms with Crippen LogP contribution in [0.15, 0.2) is 69.3 Å². The van der Waals surface area contributed by atoms with Crippen LogP contribution in [0, 0.1) is 5.92 Å². The molecular weight excluding hydrogens is 679 g/mol. The number of hydrogen-bond acceptors (Lipinski definition) is 9. The molecule has 4 aromatic rings. The predicted molar refractivity (Wildman–Crippen MR) is 194 cm³/mol. The summed E-state index contributed by atoms with van der Waals surface area (Å²) in [5.41, 5.74) is 12.2. The van der Waals surface area contributed by atoms with Crippen molar-refractivity contribution in [2.75, 3.05) is 13.7 Å². The zero-order valence-electron chi connectivity index (χ0n) is 29.0. The van der Waals surface area contributed by atoms with Gasteiger partial charge in [0.1, 0.15) is 21.8 Å². The van der Waals surface area contributed by atoms with Crippen LogP contribution in [-0.2, 0) is 27.8 Å². The van der Waals surface area contributed by atoms with Gasteiger partial charge < -0.3 is 31.0 Å². The first-order chi connectivity index (χ1) is 23.8. The number of carbonyl (C=O) groups is 2. The largest absolute Gasteiger partial charge is 0.861 e. The van der Waals surface area contributed by atoms with Crippen molar-refractivity contribution in [1.29, 1.82) is 0 Å². The fourth-order valence-electron chi connectivity index (χ4n) is 5.07. The molecule has 14 heteroatoms. The fourth-order valence-corrected chi connectivity index (χ4v) is 7.94. The highest BCUT2D eigenvalue weighted by atomic mass is 32.2. The smallest absolute Gasteiger partial charge is 0.320 e. The summed E-state index contributed by atoms with van der Waals surface area (Å²) < 4.78 is 37.1. The number of carbonyl (C=O) groups excluding carboxylic acids is 1. The molecule has 4 rings (SSSR count). The minimum absolute atomic E-state index is 0.0781. The third-order valence-electron chi connectivity index (χ3n) is 7.53. The lowest BCUT2D eigenvalue weighted by Crippen LogP contribution is -2.50. The monoisotopic (exact) mass is 725 g/mol. The van der Waals surface area contributed by atoms with Gasteiger partial charge in [-0.3, -0.25) is 9.59 Å². The van der Waals surface area contributed by atoms with Crippen LogP contribution in [0.2, 0.25) is 0 Å². The van der Waals surface area contributed by atoms with Crippen LogP contribution in [0.5, 0.6) is 5.88 Å². The average molecular weight is 726 g/mol. The van der Waals surface area contributed by atoms with Crippen molar-refractivity contribution in [2.24, 2.45) is 16.0 Å². The van der Waals surface area contributed by atoms with Crippen LogP contribution < -0.4 is 21.3 Å². The molecule has 0 unspecified atom stereocenters. The van der Waals surface area contributed by atoms with Gasteiger partial charge in [0.05, 0.1) is 13.7 Å². The number of ether oxygens (including phenoxy) is 1. The van der Waals surface area contributed by atoms with E-state index in [1.807, 2.05) is 60.7 Å². The maximum absolute atomic E-state index is 13.2. The normalized spacial score (nSPS) is 12.3. The Labute approximate surface area is 297 Å². The number of carboxylic acid groups (broad SMARTS) is 1. The summed E-state index contributed by atoms with van der Waals surface area (Å²) in [5, 5.41) is 20.4. The average Bonchev–Trinajstić information content (AvgIpc) is 3.67. The number of quaternary nitrogens is 1. The molecule has 1 atom stereocenters. The van der Waals surface area contributed by atoms with Crippen molar-refractivity contribution >= 4 is 39.5 Å². The second kappa shape index (κ2) is 19.1. The molecule has 0 bridgehead atoms. The maximum atomic E-state index is 13.2. The van der Waals surface area contributed by atoms with E-state index in [0.29, 0.717) is 54.4 Å². The molecule has 6 N–H and O–H groups in total. The van der Waals surface area contributed by atoms with E-state index in [9.17, 15) is 23.1 Å². The number of methoxy groups -OCH3 is 1. The van der Waals surface area contributed by atoms with Crippen LogP contribution >= 0.6 is 11.3 Å². The molecule has 0 aliphatic heterocycles. The number of benzene rings is 2. The van der Waals surface area contributed by atoms with Crippen LogP contribution in [-0.4, -0.2) is 60.9 Å². The van der Waals surface area contributed by atoms with Gasteiger partial charge >= 0.3 is 5.97 Å². The van der Waals surface area contributed by atoms with Gasteiger partial charge in [0.25, 0.3) is 10.0 Å². The second-order valence-electron chi connectivity index (χ2n) is 12.1. The maximum Gasteiger partial charge on any atom is 0.320 e. The molecule has 0 aliphatic carbocycles. The zero-order valence-corrected chi connectivity index (χ0v) is 30.6. The number of thiophene rings is 1. The topological polar surface area (TPSA) is 205 Å². The highest BCUT2D eigenvalue weighted by molar-refractivity contribution is 7.92. The number of nitrogens with two attached hydrogens (primary N) is 1. The van der Waals surface area contributed by atoms with Crippen molar-refractivity contribution < 1.29 is 38.7 Å². The summed E-state index contributed by atoms with van der Waals surface area (Å²) in [5.74, 6) is -0.368. The SMILES string of the molecule is CCCC([O-])=NS(=O)(=O)c1sc(CC(C)C)cc1-c1ccc(Cn2c(-c3ccccc3)nc(OC)c2C=O)cc1.N[C@@H](CCCC[NH3+])C(=O)O. The lowest BCUT2D eigenvalue weighted by atomic mass is 10.0. The number of aliphatic carboxylic acids is 1. The Bertz CT molecular complexity index is 1830. The number of sulfonamides is 1. The Morgan fingerprint density at radius 2 is 1.82 bits per heavy atom. The molecule has 0 aliphatic rings. The Balaban J connectivity index is 0.000000588. The molecular formula is C36H47N5O7S2. The van der Waals surface area contributed by atoms with Crippen molar-refractivity contribution in [1.82, 2.24) is 9.55 Å². The highest BCUT2D eigenvalue weighted by Gasteiger charge is 2.24. The van der Waals surface area contributed by atoms with Gasteiger partial charge in [-0.05, 0) is 61.1 Å². The van der Waals surface area contributed by atoms with Crippen LogP contribution in [0.25, 0.3) is 22.5 Å². The van der Waals surface area contributed by atoms with Crippen molar-refractivity contribution in [3.05, 3.63) is 76.8 Å². The molecule has 0 spiro atoms. The molecule has 270 valence electrons. The first kappa shape index (κ1) is 40.1. The van der Waals surface area contributed by atoms with Gasteiger partial charge in [0.15, 0.2) is 6.29 Å². The molecule has 50 heavy (non-hydrogen) atoms. The number of imidazole rings is 1. The molecule has 0 saturated heterocycles. The van der Waals surface area contributed by atoms with Gasteiger partial charge in [-0.15, -0.1) is 11.3 Å². The molecule has 2 aromatic heterocycles. The standard InChI is InChI=1S/C30H33N3O5S2.C6H14N2O2/c1-5-9-27(35)32-40(36,37)30-25(17-24(39-30)16-20(2)3)22-14-12-21(13-15-22)18-33-26(19-34)29(38-4)31-28(33)23-10-7-6-8-11-23;7-4-2-1-3-5(8)6(9)10/h6-8,10-15,17,19-20H,5,9,16,18H2,1-4H3,(H,32,35);5H,1-4,7-8H2,(H,9,10)/t;5-/m.0/s1. The van der Waals surface area contributed by atoms with Crippen LogP contribution in [0.1, 0.15) is 73.8 Å². The molecule has 2 aromatic carbocycles. The number of nitrogens with zero attached hydrogens (tertiary/aromatic N) is 3. The summed E-state index contributed by atoms with van der Waals surface area (Å²) in [6, 6.07) is 18.2. The fraction of sp³-hybridized carbons (Fsp3) is 0.389. The molecule has 0 fully saturated rings. The lowest BCUT2D eigenvalue weighted by molar-refractivity contribution is -0.368. The van der Waals surface area contributed by atoms with E-state index in [1.165, 1.54) is 18.4 Å². The van der Waals surface area contributed by atoms with Gasteiger partial charge in [-0.2, -0.15) is 17.8 Å². The third kappa shape index (κ3) is 11.1. The number of aldehydes is 1. The summed E-state index contributed by atoms with van der Waals surface area (Å²) in [4.78, 5) is 27.6. The van der Waals surface area contributed by atoms with E-state index in [0.717, 1.165) is 41.7 Å². The number of rotatable bonds is 17. The summed E-state index contributed by atoms with van der Waals surface area (Å²) in [6.45, 7) is 7.15. The lowest BCUT2D eigenvalue weighted by Gasteiger charge is -2.11. The Kier molecular flexibility index (Phi) is 15.3. The van der Waals surface area contributed by atoms with Gasteiger partial charge in [0.2, 0.25) is 5.88 Å². The summed E-state index contributed by atoms with van der Waals surface area (Å²) in [6.07, 6.45) is 4.43. The number of aromatic nitrogens is 2. The second-order valence-corrected chi connectivity index (χ2v) is 15.0. The molecule has 0 radical (unpaired) electrons. The first-order valence-corrected chi connectivity index (χ1v) is 18.8. The third-order valence-corrected chi connectivity index (χ3v) is 10.5. The van der Waals surface area contributed by atoms with Crippen molar-refractivity contribution in [3.63, 3.8) is 0 Å². The van der Waals surface area contributed by atoms with E-state index in [-0.39, 0.29) is 16.5 Å². The molecule has 0 saturated carbocycles. The van der Waals surface area contributed by atoms with Crippen molar-refractivity contribution in [2.45, 2.75) is 76.1 Å². The number of unbranched alkanes of at least 4 members (excludes halogenated alkanes) is 1. The number of hydrogen-bond donors (Lipinski definition) is 3. The predicted octanol–water partition coefficient (Wildman–Crippen LogP) is 4.40. The van der Waals surface area contributed by atoms with Gasteiger partial charge in [0, 0.05) is 22.5 Å². The quantitative estimate of drug-likeness (QED) is 0.0610. The van der Waals surface area contributed by atoms with Gasteiger partial charge in [-0.1, -0.05) is 81.8 Å².